The zero-order valence-corrected chi connectivity index (χ0v) is 12.3. The molecular formula is C13H20N2O3S. The molecule has 0 aromatic heterocycles. The molecule has 1 unspecified atom stereocenters. The number of rotatable bonds is 4. The Labute approximate surface area is 114 Å². The summed E-state index contributed by atoms with van der Waals surface area (Å²) in [6, 6.07) is 5.22. The minimum atomic E-state index is -3.39. The lowest BCUT2D eigenvalue weighted by atomic mass is 10.2. The maximum Gasteiger partial charge on any atom is 0.243 e. The molecule has 1 aromatic carbocycles. The van der Waals surface area contributed by atoms with Gasteiger partial charge in [0, 0.05) is 19.1 Å². The standard InChI is InChI=1S/C13H20N2O3S/c1-10-8-12(4-5-13(10)18-3)19(16,17)15-7-6-11(9-15)14-2/h4-5,8,11,14H,6-7,9H2,1-3H3. The predicted molar refractivity (Wildman–Crippen MR) is 74.0 cm³/mol. The maximum atomic E-state index is 12.5. The van der Waals surface area contributed by atoms with E-state index < -0.39 is 10.0 Å². The molecule has 5 nitrogen and oxygen atoms in total. The summed E-state index contributed by atoms with van der Waals surface area (Å²) in [5.41, 5.74) is 0.827. The molecule has 0 saturated carbocycles. The molecule has 0 aliphatic carbocycles. The van der Waals surface area contributed by atoms with Gasteiger partial charge in [-0.2, -0.15) is 4.31 Å². The van der Waals surface area contributed by atoms with Crippen LogP contribution in [0.15, 0.2) is 23.1 Å². The molecule has 6 heteroatoms. The fraction of sp³-hybridized carbons (Fsp3) is 0.538. The summed E-state index contributed by atoms with van der Waals surface area (Å²) < 4.78 is 31.7. The fourth-order valence-corrected chi connectivity index (χ4v) is 3.93. The number of likely N-dealkylation sites (N-methyl/N-ethyl adjacent to an activating group) is 1. The van der Waals surface area contributed by atoms with Gasteiger partial charge in [0.25, 0.3) is 0 Å². The largest absolute Gasteiger partial charge is 0.496 e. The second kappa shape index (κ2) is 5.48. The number of methoxy groups -OCH3 is 1. The first kappa shape index (κ1) is 14.3. The van der Waals surface area contributed by atoms with E-state index in [1.165, 1.54) is 4.31 Å². The van der Waals surface area contributed by atoms with Crippen molar-refractivity contribution in [2.75, 3.05) is 27.2 Å². The van der Waals surface area contributed by atoms with E-state index in [0.717, 1.165) is 12.0 Å². The summed E-state index contributed by atoms with van der Waals surface area (Å²) in [6.07, 6.45) is 0.852. The van der Waals surface area contributed by atoms with Gasteiger partial charge in [-0.3, -0.25) is 0 Å². The molecule has 0 spiro atoms. The molecule has 0 radical (unpaired) electrons. The van der Waals surface area contributed by atoms with Crippen LogP contribution in [0.3, 0.4) is 0 Å². The first-order chi connectivity index (χ1) is 8.98. The number of aryl methyl sites for hydroxylation is 1. The summed E-state index contributed by atoms with van der Waals surface area (Å²) >= 11 is 0. The number of hydrogen-bond donors (Lipinski definition) is 1. The van der Waals surface area contributed by atoms with Gasteiger partial charge in [-0.15, -0.1) is 0 Å². The molecule has 19 heavy (non-hydrogen) atoms. The van der Waals surface area contributed by atoms with Crippen LogP contribution in [0, 0.1) is 6.92 Å². The fourth-order valence-electron chi connectivity index (χ4n) is 2.34. The smallest absolute Gasteiger partial charge is 0.243 e. The summed E-state index contributed by atoms with van der Waals surface area (Å²) in [5, 5.41) is 3.12. The molecule has 1 saturated heterocycles. The zero-order chi connectivity index (χ0) is 14.0. The van der Waals surface area contributed by atoms with Gasteiger partial charge in [-0.1, -0.05) is 0 Å². The van der Waals surface area contributed by atoms with E-state index in [2.05, 4.69) is 5.32 Å². The number of nitrogens with zero attached hydrogens (tertiary/aromatic N) is 1. The van der Waals surface area contributed by atoms with E-state index >= 15 is 0 Å². The first-order valence-electron chi connectivity index (χ1n) is 6.31. The molecule has 1 aliphatic heterocycles. The van der Waals surface area contributed by atoms with Gasteiger partial charge in [0.15, 0.2) is 0 Å². The third-order valence-corrected chi connectivity index (χ3v) is 5.42. The highest BCUT2D eigenvalue weighted by Gasteiger charge is 2.31. The molecule has 1 aliphatic rings. The van der Waals surface area contributed by atoms with Crippen LogP contribution < -0.4 is 10.1 Å². The molecule has 1 N–H and O–H groups in total. The zero-order valence-electron chi connectivity index (χ0n) is 11.5. The minimum absolute atomic E-state index is 0.245. The Morgan fingerprint density at radius 3 is 2.68 bits per heavy atom. The van der Waals surface area contributed by atoms with Crippen LogP contribution in [-0.2, 0) is 10.0 Å². The van der Waals surface area contributed by atoms with Gasteiger partial charge in [0.1, 0.15) is 5.75 Å². The van der Waals surface area contributed by atoms with Crippen LogP contribution in [0.1, 0.15) is 12.0 Å². The van der Waals surface area contributed by atoms with Crippen molar-refractivity contribution in [3.63, 3.8) is 0 Å². The van der Waals surface area contributed by atoms with E-state index in [1.54, 1.807) is 25.3 Å². The van der Waals surface area contributed by atoms with Crippen molar-refractivity contribution >= 4 is 10.0 Å². The van der Waals surface area contributed by atoms with Crippen molar-refractivity contribution in [2.45, 2.75) is 24.3 Å². The van der Waals surface area contributed by atoms with Crippen LogP contribution in [0.4, 0.5) is 0 Å². The van der Waals surface area contributed by atoms with E-state index in [0.29, 0.717) is 23.7 Å². The highest BCUT2D eigenvalue weighted by atomic mass is 32.2. The van der Waals surface area contributed by atoms with Crippen LogP contribution >= 0.6 is 0 Å². The Balaban J connectivity index is 2.27. The van der Waals surface area contributed by atoms with Crippen molar-refractivity contribution in [3.05, 3.63) is 23.8 Å². The highest BCUT2D eigenvalue weighted by Crippen LogP contribution is 2.25. The third kappa shape index (κ3) is 2.75. The lowest BCUT2D eigenvalue weighted by Gasteiger charge is -2.17. The topological polar surface area (TPSA) is 58.6 Å². The van der Waals surface area contributed by atoms with Crippen LogP contribution in [0.5, 0.6) is 5.75 Å². The van der Waals surface area contributed by atoms with Crippen LogP contribution in [0.25, 0.3) is 0 Å². The van der Waals surface area contributed by atoms with Gasteiger partial charge < -0.3 is 10.1 Å². The minimum Gasteiger partial charge on any atom is -0.496 e. The Hall–Kier alpha value is -1.11. The number of sulfonamides is 1. The average Bonchev–Trinajstić information content (AvgIpc) is 2.88. The molecule has 106 valence electrons. The van der Waals surface area contributed by atoms with E-state index in [9.17, 15) is 8.42 Å². The monoisotopic (exact) mass is 284 g/mol. The summed E-state index contributed by atoms with van der Waals surface area (Å²) in [4.78, 5) is 0.336. The number of benzene rings is 1. The lowest BCUT2D eigenvalue weighted by molar-refractivity contribution is 0.411. The second-order valence-electron chi connectivity index (χ2n) is 4.77. The van der Waals surface area contributed by atoms with E-state index in [1.807, 2.05) is 14.0 Å². The summed E-state index contributed by atoms with van der Waals surface area (Å²) in [7, 11) is 0.0459. The molecule has 0 amide bonds. The van der Waals surface area contributed by atoms with Gasteiger partial charge in [-0.25, -0.2) is 8.42 Å². The third-order valence-electron chi connectivity index (χ3n) is 3.56. The molecule has 1 fully saturated rings. The molecule has 1 aromatic rings. The maximum absolute atomic E-state index is 12.5. The van der Waals surface area contributed by atoms with Crippen molar-refractivity contribution in [1.82, 2.24) is 9.62 Å². The van der Waals surface area contributed by atoms with Crippen molar-refractivity contribution in [1.29, 1.82) is 0 Å². The molecule has 1 heterocycles. The van der Waals surface area contributed by atoms with Crippen molar-refractivity contribution in [3.8, 4) is 5.75 Å². The first-order valence-corrected chi connectivity index (χ1v) is 7.75. The lowest BCUT2D eigenvalue weighted by Crippen LogP contribution is -2.33. The SMILES string of the molecule is CNC1CCN(S(=O)(=O)c2ccc(OC)c(C)c2)C1. The van der Waals surface area contributed by atoms with Crippen molar-refractivity contribution in [2.24, 2.45) is 0 Å². The highest BCUT2D eigenvalue weighted by molar-refractivity contribution is 7.89. The Morgan fingerprint density at radius 1 is 1.42 bits per heavy atom. The quantitative estimate of drug-likeness (QED) is 0.895. The number of hydrogen-bond acceptors (Lipinski definition) is 4. The Kier molecular flexibility index (Phi) is 4.13. The van der Waals surface area contributed by atoms with E-state index in [-0.39, 0.29) is 6.04 Å². The van der Waals surface area contributed by atoms with Crippen molar-refractivity contribution < 1.29 is 13.2 Å². The normalized spacial score (nSPS) is 20.7. The number of ether oxygens (including phenoxy) is 1. The van der Waals surface area contributed by atoms with Gasteiger partial charge in [-0.05, 0) is 44.2 Å². The summed E-state index contributed by atoms with van der Waals surface area (Å²) in [5.74, 6) is 0.702. The molecule has 0 bridgehead atoms. The summed E-state index contributed by atoms with van der Waals surface area (Å²) in [6.45, 7) is 2.95. The molecular weight excluding hydrogens is 264 g/mol. The Bertz CT molecular complexity index is 557. The van der Waals surface area contributed by atoms with E-state index in [4.69, 9.17) is 4.74 Å². The average molecular weight is 284 g/mol. The molecule has 1 atom stereocenters. The van der Waals surface area contributed by atoms with Gasteiger partial charge >= 0.3 is 0 Å². The molecule has 2 rings (SSSR count). The number of nitrogens with one attached hydrogen (secondary N) is 1. The van der Waals surface area contributed by atoms with Gasteiger partial charge in [0.05, 0.1) is 12.0 Å². The Morgan fingerprint density at radius 2 is 2.16 bits per heavy atom. The predicted octanol–water partition coefficient (Wildman–Crippen LogP) is 0.986. The van der Waals surface area contributed by atoms with Crippen LogP contribution in [-0.4, -0.2) is 46.0 Å². The van der Waals surface area contributed by atoms with Crippen LogP contribution in [0.2, 0.25) is 0 Å². The van der Waals surface area contributed by atoms with Gasteiger partial charge in [0.2, 0.25) is 10.0 Å². The second-order valence-corrected chi connectivity index (χ2v) is 6.71.